The van der Waals surface area contributed by atoms with Gasteiger partial charge in [-0.2, -0.15) is 0 Å². The van der Waals surface area contributed by atoms with Gasteiger partial charge in [0.25, 0.3) is 0 Å². The van der Waals surface area contributed by atoms with Gasteiger partial charge in [-0.05, 0) is 24.6 Å². The molecule has 2 aromatic carbocycles. The molecular weight excluding hydrogens is 250 g/mol. The lowest BCUT2D eigenvalue weighted by atomic mass is 10.0. The topological polar surface area (TPSA) is 41.8 Å². The summed E-state index contributed by atoms with van der Waals surface area (Å²) in [5.41, 5.74) is 3.20. The molecule has 2 aromatic rings. The highest BCUT2D eigenvalue weighted by Crippen LogP contribution is 2.31. The molecule has 20 heavy (non-hydrogen) atoms. The molecule has 3 nitrogen and oxygen atoms in total. The van der Waals surface area contributed by atoms with E-state index in [0.717, 1.165) is 11.1 Å². The smallest absolute Gasteiger partial charge is 0.217 e. The van der Waals surface area contributed by atoms with Crippen molar-refractivity contribution in [1.29, 1.82) is 0 Å². The maximum atomic E-state index is 9.53. The van der Waals surface area contributed by atoms with Crippen LogP contribution in [-0.2, 0) is 4.74 Å². The number of rotatable bonds is 3. The quantitative estimate of drug-likeness (QED) is 0.929. The highest BCUT2D eigenvalue weighted by Gasteiger charge is 2.32. The van der Waals surface area contributed by atoms with Gasteiger partial charge < -0.3 is 9.84 Å². The van der Waals surface area contributed by atoms with Gasteiger partial charge in [0.2, 0.25) is 5.90 Å². The molecule has 0 aliphatic carbocycles. The van der Waals surface area contributed by atoms with Gasteiger partial charge in [-0.1, -0.05) is 48.0 Å². The summed E-state index contributed by atoms with van der Waals surface area (Å²) < 4.78 is 5.97. The number of benzene rings is 2. The highest BCUT2D eigenvalue weighted by atomic mass is 16.5. The van der Waals surface area contributed by atoms with E-state index in [1.54, 1.807) is 0 Å². The molecule has 0 amide bonds. The van der Waals surface area contributed by atoms with E-state index < -0.39 is 0 Å². The van der Waals surface area contributed by atoms with E-state index in [2.05, 4.69) is 11.9 Å². The predicted octanol–water partition coefficient (Wildman–Crippen LogP) is 2.87. The van der Waals surface area contributed by atoms with Crippen molar-refractivity contribution in [3.05, 3.63) is 71.3 Å². The molecule has 2 atom stereocenters. The van der Waals surface area contributed by atoms with Gasteiger partial charge in [-0.15, -0.1) is 0 Å². The molecule has 0 saturated heterocycles. The van der Waals surface area contributed by atoms with Gasteiger partial charge in [0.15, 0.2) is 6.10 Å². The second-order valence-electron chi connectivity index (χ2n) is 5.00. The van der Waals surface area contributed by atoms with Crippen molar-refractivity contribution in [3.63, 3.8) is 0 Å². The van der Waals surface area contributed by atoms with Crippen molar-refractivity contribution in [2.24, 2.45) is 4.99 Å². The summed E-state index contributed by atoms with van der Waals surface area (Å²) in [6.07, 6.45) is -0.212. The van der Waals surface area contributed by atoms with Gasteiger partial charge in [0.1, 0.15) is 6.04 Å². The minimum atomic E-state index is -0.243. The van der Waals surface area contributed by atoms with E-state index in [4.69, 9.17) is 4.74 Å². The van der Waals surface area contributed by atoms with Gasteiger partial charge in [0, 0.05) is 5.56 Å². The summed E-state index contributed by atoms with van der Waals surface area (Å²) in [5, 5.41) is 9.53. The van der Waals surface area contributed by atoms with Crippen molar-refractivity contribution < 1.29 is 9.84 Å². The third kappa shape index (κ3) is 2.45. The van der Waals surface area contributed by atoms with Gasteiger partial charge in [-0.3, -0.25) is 0 Å². The monoisotopic (exact) mass is 267 g/mol. The number of aliphatic hydroxyl groups excluding tert-OH is 1. The minimum Gasteiger partial charge on any atom is -0.467 e. The van der Waals surface area contributed by atoms with Crippen LogP contribution >= 0.6 is 0 Å². The molecule has 1 N–H and O–H groups in total. The predicted molar refractivity (Wildman–Crippen MR) is 78.9 cm³/mol. The number of hydrogen-bond donors (Lipinski definition) is 1. The highest BCUT2D eigenvalue weighted by molar-refractivity contribution is 5.95. The van der Waals surface area contributed by atoms with Crippen LogP contribution in [0, 0.1) is 6.92 Å². The average Bonchev–Trinajstić information content (AvgIpc) is 2.93. The zero-order chi connectivity index (χ0) is 13.9. The first-order chi connectivity index (χ1) is 9.78. The Balaban J connectivity index is 1.87. The molecule has 1 aliphatic rings. The summed E-state index contributed by atoms with van der Waals surface area (Å²) in [6.45, 7) is 2.03. The van der Waals surface area contributed by atoms with Crippen LogP contribution < -0.4 is 0 Å². The molecule has 3 heteroatoms. The Morgan fingerprint density at radius 2 is 1.75 bits per heavy atom. The molecule has 0 bridgehead atoms. The summed E-state index contributed by atoms with van der Waals surface area (Å²) in [6, 6.07) is 17.7. The van der Waals surface area contributed by atoms with Gasteiger partial charge >= 0.3 is 0 Å². The molecule has 1 heterocycles. The van der Waals surface area contributed by atoms with Crippen LogP contribution in [0.1, 0.15) is 22.8 Å². The first-order valence-electron chi connectivity index (χ1n) is 6.75. The van der Waals surface area contributed by atoms with E-state index in [-0.39, 0.29) is 18.8 Å². The number of aryl methyl sites for hydroxylation is 1. The van der Waals surface area contributed by atoms with Crippen LogP contribution in [0.2, 0.25) is 0 Å². The van der Waals surface area contributed by atoms with Crippen molar-refractivity contribution in [2.45, 2.75) is 19.1 Å². The molecule has 0 aromatic heterocycles. The van der Waals surface area contributed by atoms with E-state index in [9.17, 15) is 5.11 Å². The first-order valence-corrected chi connectivity index (χ1v) is 6.75. The summed E-state index contributed by atoms with van der Waals surface area (Å²) in [7, 11) is 0. The second-order valence-corrected chi connectivity index (χ2v) is 5.00. The molecule has 0 radical (unpaired) electrons. The van der Waals surface area contributed by atoms with E-state index in [1.807, 2.05) is 54.6 Å². The fourth-order valence-corrected chi connectivity index (χ4v) is 2.35. The third-order valence-electron chi connectivity index (χ3n) is 3.48. The van der Waals surface area contributed by atoms with E-state index >= 15 is 0 Å². The SMILES string of the molecule is Cc1ccc(C2OC(c3ccccc3)=NC2CO)cc1. The lowest BCUT2D eigenvalue weighted by molar-refractivity contribution is 0.152. The Labute approximate surface area is 118 Å². The van der Waals surface area contributed by atoms with Crippen molar-refractivity contribution in [3.8, 4) is 0 Å². The minimum absolute atomic E-state index is 0.0190. The van der Waals surface area contributed by atoms with E-state index in [1.165, 1.54) is 5.56 Å². The first kappa shape index (κ1) is 12.9. The lowest BCUT2D eigenvalue weighted by Crippen LogP contribution is -2.17. The lowest BCUT2D eigenvalue weighted by Gasteiger charge is -2.16. The Kier molecular flexibility index (Phi) is 3.52. The number of aliphatic hydroxyl groups is 1. The number of hydrogen-bond acceptors (Lipinski definition) is 3. The molecule has 0 saturated carbocycles. The Bertz CT molecular complexity index is 605. The summed E-state index contributed by atoms with van der Waals surface area (Å²) in [4.78, 5) is 4.50. The van der Waals surface area contributed by atoms with Gasteiger partial charge in [-0.25, -0.2) is 4.99 Å². The van der Waals surface area contributed by atoms with E-state index in [0.29, 0.717) is 5.90 Å². The Morgan fingerprint density at radius 3 is 2.40 bits per heavy atom. The fraction of sp³-hybridized carbons (Fsp3) is 0.235. The third-order valence-corrected chi connectivity index (χ3v) is 3.48. The van der Waals surface area contributed by atoms with Crippen molar-refractivity contribution in [2.75, 3.05) is 6.61 Å². The van der Waals surface area contributed by atoms with Crippen molar-refractivity contribution >= 4 is 5.90 Å². The number of ether oxygens (including phenoxy) is 1. The summed E-state index contributed by atoms with van der Waals surface area (Å²) in [5.74, 6) is 0.607. The Hall–Kier alpha value is -2.13. The molecule has 0 fully saturated rings. The molecule has 0 spiro atoms. The number of nitrogens with zero attached hydrogens (tertiary/aromatic N) is 1. The van der Waals surface area contributed by atoms with Gasteiger partial charge in [0.05, 0.1) is 6.61 Å². The van der Waals surface area contributed by atoms with Crippen molar-refractivity contribution in [1.82, 2.24) is 0 Å². The largest absolute Gasteiger partial charge is 0.467 e. The van der Waals surface area contributed by atoms with Crippen LogP contribution in [0.5, 0.6) is 0 Å². The Morgan fingerprint density at radius 1 is 1.05 bits per heavy atom. The summed E-state index contributed by atoms with van der Waals surface area (Å²) >= 11 is 0. The maximum Gasteiger partial charge on any atom is 0.217 e. The molecule has 102 valence electrons. The average molecular weight is 267 g/mol. The van der Waals surface area contributed by atoms with Crippen LogP contribution in [0.15, 0.2) is 59.6 Å². The second kappa shape index (κ2) is 5.47. The van der Waals surface area contributed by atoms with Crippen LogP contribution in [0.3, 0.4) is 0 Å². The molecule has 1 aliphatic heterocycles. The zero-order valence-corrected chi connectivity index (χ0v) is 11.4. The maximum absolute atomic E-state index is 9.53. The molecular formula is C17H17NO2. The standard InChI is InChI=1S/C17H17NO2/c1-12-7-9-13(10-8-12)16-15(11-19)18-17(20-16)14-5-3-2-4-6-14/h2-10,15-16,19H,11H2,1H3. The zero-order valence-electron chi connectivity index (χ0n) is 11.4. The molecule has 3 rings (SSSR count). The molecule has 2 unspecified atom stereocenters. The van der Waals surface area contributed by atoms with Crippen LogP contribution in [0.4, 0.5) is 0 Å². The fourth-order valence-electron chi connectivity index (χ4n) is 2.35. The van der Waals surface area contributed by atoms with Crippen LogP contribution in [0.25, 0.3) is 0 Å². The normalized spacial score (nSPS) is 21.4. The number of aliphatic imine (C=N–C) groups is 1. The van der Waals surface area contributed by atoms with Crippen LogP contribution in [-0.4, -0.2) is 23.7 Å².